The molecule has 0 radical (unpaired) electrons. The molecule has 6 heteroatoms. The number of rotatable bonds is 5. The summed E-state index contributed by atoms with van der Waals surface area (Å²) < 4.78 is 3.28. The maximum Gasteiger partial charge on any atom is 0.194 e. The fourth-order valence-corrected chi connectivity index (χ4v) is 4.43. The smallest absolute Gasteiger partial charge is 0.194 e. The normalized spacial score (nSPS) is 16.8. The van der Waals surface area contributed by atoms with Crippen molar-refractivity contribution >= 4 is 33.7 Å². The minimum absolute atomic E-state index is 0.757. The van der Waals surface area contributed by atoms with E-state index in [-0.39, 0.29) is 0 Å². The van der Waals surface area contributed by atoms with Crippen molar-refractivity contribution in [2.24, 2.45) is 18.0 Å². The van der Waals surface area contributed by atoms with E-state index in [0.29, 0.717) is 0 Å². The van der Waals surface area contributed by atoms with Gasteiger partial charge in [0, 0.05) is 43.5 Å². The number of thioether (sulfide) groups is 1. The molecular formula is C16H27BrN4S. The van der Waals surface area contributed by atoms with Crippen LogP contribution in [-0.2, 0) is 13.6 Å². The minimum atomic E-state index is 0.757. The highest BCUT2D eigenvalue weighted by atomic mass is 79.9. The van der Waals surface area contributed by atoms with Gasteiger partial charge in [-0.3, -0.25) is 4.99 Å². The summed E-state index contributed by atoms with van der Waals surface area (Å²) in [5.74, 6) is 4.36. The summed E-state index contributed by atoms with van der Waals surface area (Å²) in [6.07, 6.45) is 4.71. The van der Waals surface area contributed by atoms with E-state index in [9.17, 15) is 0 Å². The summed E-state index contributed by atoms with van der Waals surface area (Å²) in [4.78, 5) is 7.08. The third kappa shape index (κ3) is 5.23. The van der Waals surface area contributed by atoms with E-state index in [1.807, 2.05) is 0 Å². The average molecular weight is 387 g/mol. The lowest BCUT2D eigenvalue weighted by atomic mass is 10.0. The third-order valence-electron chi connectivity index (χ3n) is 4.01. The summed E-state index contributed by atoms with van der Waals surface area (Å²) >= 11 is 5.61. The first kappa shape index (κ1) is 17.7. The van der Waals surface area contributed by atoms with E-state index < -0.39 is 0 Å². The number of hydrogen-bond donors (Lipinski definition) is 1. The summed E-state index contributed by atoms with van der Waals surface area (Å²) in [6.45, 7) is 4.83. The summed E-state index contributed by atoms with van der Waals surface area (Å²) in [6, 6.07) is 2.17. The van der Waals surface area contributed by atoms with Crippen LogP contribution in [0.5, 0.6) is 0 Å². The van der Waals surface area contributed by atoms with Gasteiger partial charge < -0.3 is 14.8 Å². The molecule has 2 heterocycles. The number of aryl methyl sites for hydroxylation is 1. The Labute approximate surface area is 146 Å². The molecule has 1 aromatic rings. The molecule has 1 N–H and O–H groups in total. The first-order chi connectivity index (χ1) is 10.6. The molecule has 0 amide bonds. The number of guanidine groups is 1. The zero-order valence-corrected chi connectivity index (χ0v) is 16.2. The van der Waals surface area contributed by atoms with Crippen LogP contribution in [0.3, 0.4) is 0 Å². The number of hydrogen-bond acceptors (Lipinski definition) is 2. The predicted octanol–water partition coefficient (Wildman–Crippen LogP) is 3.33. The SMILES string of the molecule is CCNC(=NCC1CCSCC1)N(C)Cc1cc(Br)cn1C. The van der Waals surface area contributed by atoms with Crippen LogP contribution in [0.1, 0.15) is 25.5 Å². The van der Waals surface area contributed by atoms with Crippen LogP contribution >= 0.6 is 27.7 Å². The van der Waals surface area contributed by atoms with Gasteiger partial charge in [-0.2, -0.15) is 11.8 Å². The van der Waals surface area contributed by atoms with Crippen LogP contribution in [0.4, 0.5) is 0 Å². The molecule has 0 atom stereocenters. The van der Waals surface area contributed by atoms with Gasteiger partial charge in [-0.1, -0.05) is 0 Å². The number of nitrogens with one attached hydrogen (secondary N) is 1. The average Bonchev–Trinajstić information content (AvgIpc) is 2.82. The Morgan fingerprint density at radius 1 is 1.50 bits per heavy atom. The Morgan fingerprint density at radius 3 is 2.82 bits per heavy atom. The number of aliphatic imine (C=N–C) groups is 1. The Hall–Kier alpha value is -0.620. The molecule has 0 aliphatic carbocycles. The van der Waals surface area contributed by atoms with E-state index in [1.54, 1.807) is 0 Å². The van der Waals surface area contributed by atoms with Crippen LogP contribution in [0.15, 0.2) is 21.7 Å². The van der Waals surface area contributed by atoms with Crippen molar-refractivity contribution in [2.75, 3.05) is 31.6 Å². The molecule has 0 bridgehead atoms. The number of aromatic nitrogens is 1. The van der Waals surface area contributed by atoms with Crippen LogP contribution < -0.4 is 5.32 Å². The van der Waals surface area contributed by atoms with Gasteiger partial charge in [0.2, 0.25) is 0 Å². The molecule has 1 aliphatic rings. The zero-order chi connectivity index (χ0) is 15.9. The second kappa shape index (κ2) is 8.87. The van der Waals surface area contributed by atoms with Crippen molar-refractivity contribution in [1.29, 1.82) is 0 Å². The standard InChI is InChI=1S/C16H27BrN4S/c1-4-18-16(19-10-13-5-7-22-8-6-13)21(3)12-15-9-14(17)11-20(15)2/h9,11,13H,4-8,10,12H2,1-3H3,(H,18,19). The molecule has 1 saturated heterocycles. The maximum absolute atomic E-state index is 4.87. The molecule has 1 aromatic heterocycles. The van der Waals surface area contributed by atoms with E-state index in [0.717, 1.165) is 36.0 Å². The van der Waals surface area contributed by atoms with Gasteiger partial charge in [0.1, 0.15) is 0 Å². The molecule has 1 aliphatic heterocycles. The molecule has 124 valence electrons. The van der Waals surface area contributed by atoms with Crippen molar-refractivity contribution in [2.45, 2.75) is 26.3 Å². The topological polar surface area (TPSA) is 32.6 Å². The largest absolute Gasteiger partial charge is 0.357 e. The third-order valence-corrected chi connectivity index (χ3v) is 5.49. The maximum atomic E-state index is 4.87. The van der Waals surface area contributed by atoms with Crippen LogP contribution in [0, 0.1) is 5.92 Å². The van der Waals surface area contributed by atoms with Crippen molar-refractivity contribution in [3.05, 3.63) is 22.4 Å². The fourth-order valence-electron chi connectivity index (χ4n) is 2.66. The molecule has 22 heavy (non-hydrogen) atoms. The fraction of sp³-hybridized carbons (Fsp3) is 0.688. The second-order valence-electron chi connectivity index (χ2n) is 5.87. The lowest BCUT2D eigenvalue weighted by molar-refractivity contribution is 0.450. The Kier molecular flexibility index (Phi) is 7.15. The molecule has 4 nitrogen and oxygen atoms in total. The van der Waals surface area contributed by atoms with Crippen LogP contribution in [-0.4, -0.2) is 47.1 Å². The van der Waals surface area contributed by atoms with E-state index in [1.165, 1.54) is 30.0 Å². The zero-order valence-electron chi connectivity index (χ0n) is 13.8. The predicted molar refractivity (Wildman–Crippen MR) is 101 cm³/mol. The quantitative estimate of drug-likeness (QED) is 0.622. The van der Waals surface area contributed by atoms with Gasteiger partial charge in [0.05, 0.1) is 6.54 Å². The molecular weight excluding hydrogens is 360 g/mol. The molecule has 0 aromatic carbocycles. The van der Waals surface area contributed by atoms with Crippen LogP contribution in [0.25, 0.3) is 0 Å². The second-order valence-corrected chi connectivity index (χ2v) is 8.01. The highest BCUT2D eigenvalue weighted by Gasteiger charge is 2.15. The van der Waals surface area contributed by atoms with E-state index in [4.69, 9.17) is 4.99 Å². The van der Waals surface area contributed by atoms with Gasteiger partial charge in [-0.25, -0.2) is 0 Å². The van der Waals surface area contributed by atoms with Gasteiger partial charge in [0.15, 0.2) is 5.96 Å². The molecule has 0 spiro atoms. The number of nitrogens with zero attached hydrogens (tertiary/aromatic N) is 3. The molecule has 0 saturated carbocycles. The van der Waals surface area contributed by atoms with Crippen LogP contribution in [0.2, 0.25) is 0 Å². The van der Waals surface area contributed by atoms with Crippen molar-refractivity contribution in [3.8, 4) is 0 Å². The van der Waals surface area contributed by atoms with Crippen molar-refractivity contribution in [3.63, 3.8) is 0 Å². The van der Waals surface area contributed by atoms with Gasteiger partial charge in [-0.05, 0) is 59.2 Å². The highest BCUT2D eigenvalue weighted by molar-refractivity contribution is 9.10. The van der Waals surface area contributed by atoms with E-state index in [2.05, 4.69) is 75.8 Å². The Balaban J connectivity index is 1.97. The summed E-state index contributed by atoms with van der Waals surface area (Å²) in [7, 11) is 4.19. The first-order valence-corrected chi connectivity index (χ1v) is 9.92. The lowest BCUT2D eigenvalue weighted by Gasteiger charge is -2.24. The Bertz CT molecular complexity index is 494. The van der Waals surface area contributed by atoms with Gasteiger partial charge in [0.25, 0.3) is 0 Å². The molecule has 1 fully saturated rings. The number of halogens is 1. The highest BCUT2D eigenvalue weighted by Crippen LogP contribution is 2.22. The molecule has 2 rings (SSSR count). The summed E-state index contributed by atoms with van der Waals surface area (Å²) in [5.41, 5.74) is 1.27. The first-order valence-electron chi connectivity index (χ1n) is 7.98. The Morgan fingerprint density at radius 2 is 2.23 bits per heavy atom. The van der Waals surface area contributed by atoms with Crippen molar-refractivity contribution < 1.29 is 0 Å². The monoisotopic (exact) mass is 386 g/mol. The van der Waals surface area contributed by atoms with E-state index >= 15 is 0 Å². The van der Waals surface area contributed by atoms with Crippen molar-refractivity contribution in [1.82, 2.24) is 14.8 Å². The van der Waals surface area contributed by atoms with Gasteiger partial charge in [-0.15, -0.1) is 0 Å². The lowest BCUT2D eigenvalue weighted by Crippen LogP contribution is -2.39. The summed E-state index contributed by atoms with van der Waals surface area (Å²) in [5, 5.41) is 3.42. The van der Waals surface area contributed by atoms with Gasteiger partial charge >= 0.3 is 0 Å². The minimum Gasteiger partial charge on any atom is -0.357 e. The molecule has 0 unspecified atom stereocenters.